The number of aromatic hydroxyl groups is 1. The molecule has 1 aliphatic rings. The van der Waals surface area contributed by atoms with Crippen LogP contribution >= 0.6 is 11.8 Å². The van der Waals surface area contributed by atoms with Gasteiger partial charge in [-0.25, -0.2) is 8.78 Å². The first-order chi connectivity index (χ1) is 13.3. The third-order valence-corrected chi connectivity index (χ3v) is 5.68. The maximum Gasteiger partial charge on any atom is 0.460 e. The Labute approximate surface area is 163 Å². The number of alkyl halides is 9. The number of fused-ring (bicyclic) bond motifs is 1. The monoisotopic (exact) mass is 450 g/mol. The summed E-state index contributed by atoms with van der Waals surface area (Å²) in [6, 6.07) is 12.0. The van der Waals surface area contributed by atoms with Crippen LogP contribution in [0.3, 0.4) is 0 Å². The SMILES string of the molecule is FC(F)C(F)(F)C(F)(F)C(F)(F)F.Oc1ccc(C2CCCS2)c2ccccc12. The van der Waals surface area contributed by atoms with Crippen molar-refractivity contribution in [3.8, 4) is 5.75 Å². The van der Waals surface area contributed by atoms with Crippen LogP contribution < -0.4 is 0 Å². The Bertz CT molecular complexity index is 830. The molecular formula is C18H15F9OS. The maximum absolute atomic E-state index is 11.6. The highest BCUT2D eigenvalue weighted by molar-refractivity contribution is 7.99. The number of hydrogen-bond acceptors (Lipinski definition) is 2. The number of halogens is 9. The van der Waals surface area contributed by atoms with Gasteiger partial charge in [0.2, 0.25) is 0 Å². The molecule has 3 rings (SSSR count). The molecule has 1 atom stereocenters. The van der Waals surface area contributed by atoms with Crippen molar-refractivity contribution in [2.45, 2.75) is 42.5 Å². The van der Waals surface area contributed by atoms with E-state index in [0.717, 1.165) is 5.39 Å². The van der Waals surface area contributed by atoms with Crippen LogP contribution in [0.5, 0.6) is 5.75 Å². The van der Waals surface area contributed by atoms with Crippen LogP contribution in [-0.2, 0) is 0 Å². The molecule has 1 N–H and O–H groups in total. The van der Waals surface area contributed by atoms with E-state index in [9.17, 15) is 44.6 Å². The molecule has 1 saturated heterocycles. The fourth-order valence-electron chi connectivity index (χ4n) is 2.74. The summed E-state index contributed by atoms with van der Waals surface area (Å²) in [5.41, 5.74) is 1.39. The van der Waals surface area contributed by atoms with E-state index in [1.807, 2.05) is 36.0 Å². The van der Waals surface area contributed by atoms with E-state index in [1.165, 1.54) is 29.5 Å². The fourth-order valence-corrected chi connectivity index (χ4v) is 4.07. The Hall–Kier alpha value is -1.78. The molecule has 0 amide bonds. The summed E-state index contributed by atoms with van der Waals surface area (Å²) in [7, 11) is 0. The van der Waals surface area contributed by atoms with Crippen LogP contribution in [0.1, 0.15) is 23.7 Å². The van der Waals surface area contributed by atoms with Crippen molar-refractivity contribution in [2.75, 3.05) is 5.75 Å². The van der Waals surface area contributed by atoms with Crippen molar-refractivity contribution in [3.05, 3.63) is 42.0 Å². The second-order valence-electron chi connectivity index (χ2n) is 6.22. The van der Waals surface area contributed by atoms with Gasteiger partial charge in [-0.1, -0.05) is 30.3 Å². The Balaban J connectivity index is 0.000000213. The zero-order chi connectivity index (χ0) is 22.0. The van der Waals surface area contributed by atoms with E-state index in [0.29, 0.717) is 11.0 Å². The van der Waals surface area contributed by atoms with E-state index < -0.39 is 24.4 Å². The lowest BCUT2D eigenvalue weighted by Crippen LogP contribution is -2.55. The fraction of sp³-hybridized carbons (Fsp3) is 0.444. The van der Waals surface area contributed by atoms with Gasteiger partial charge in [-0.15, -0.1) is 0 Å². The van der Waals surface area contributed by atoms with Gasteiger partial charge in [0.25, 0.3) is 0 Å². The molecule has 1 heterocycles. The molecule has 29 heavy (non-hydrogen) atoms. The van der Waals surface area contributed by atoms with E-state index in [1.54, 1.807) is 0 Å². The minimum atomic E-state index is -6.73. The number of phenolic OH excluding ortho intramolecular Hbond substituents is 1. The van der Waals surface area contributed by atoms with Crippen LogP contribution in [0.2, 0.25) is 0 Å². The minimum Gasteiger partial charge on any atom is -0.507 e. The van der Waals surface area contributed by atoms with Crippen LogP contribution in [0.4, 0.5) is 39.5 Å². The molecule has 0 aromatic heterocycles. The first kappa shape index (κ1) is 23.5. The molecule has 162 valence electrons. The smallest absolute Gasteiger partial charge is 0.460 e. The van der Waals surface area contributed by atoms with Gasteiger partial charge >= 0.3 is 24.4 Å². The van der Waals surface area contributed by atoms with Crippen molar-refractivity contribution in [1.82, 2.24) is 0 Å². The summed E-state index contributed by atoms with van der Waals surface area (Å²) in [6.07, 6.45) is -9.21. The van der Waals surface area contributed by atoms with Crippen molar-refractivity contribution in [3.63, 3.8) is 0 Å². The number of phenols is 1. The van der Waals surface area contributed by atoms with Crippen molar-refractivity contribution in [1.29, 1.82) is 0 Å². The predicted molar refractivity (Wildman–Crippen MR) is 92.0 cm³/mol. The van der Waals surface area contributed by atoms with Crippen molar-refractivity contribution < 1.29 is 44.6 Å². The van der Waals surface area contributed by atoms with Crippen molar-refractivity contribution >= 4 is 22.5 Å². The lowest BCUT2D eigenvalue weighted by atomic mass is 9.99. The molecule has 0 spiro atoms. The number of rotatable bonds is 3. The summed E-state index contributed by atoms with van der Waals surface area (Å²) >= 11 is 2.03. The standard InChI is InChI=1S/C14H14OS.C4HF9/c15-13-8-7-12(14-6-3-9-16-14)10-4-1-2-5-11(10)13;5-1(6)2(7,8)3(9,10)4(11,12)13/h1-2,4-5,7-8,14-15H,3,6,9H2;1H. The van der Waals surface area contributed by atoms with Crippen LogP contribution in [-0.4, -0.2) is 35.3 Å². The second-order valence-corrected chi connectivity index (χ2v) is 7.53. The topological polar surface area (TPSA) is 20.2 Å². The molecule has 2 aromatic rings. The predicted octanol–water partition coefficient (Wildman–Crippen LogP) is 7.20. The average molecular weight is 450 g/mol. The van der Waals surface area contributed by atoms with E-state index >= 15 is 0 Å². The van der Waals surface area contributed by atoms with Gasteiger partial charge in [-0.3, -0.25) is 0 Å². The zero-order valence-electron chi connectivity index (χ0n) is 14.5. The number of hydrogen-bond donors (Lipinski definition) is 1. The Morgan fingerprint density at radius 2 is 1.48 bits per heavy atom. The molecule has 0 bridgehead atoms. The van der Waals surface area contributed by atoms with E-state index in [-0.39, 0.29) is 0 Å². The normalized spacial score (nSPS) is 18.1. The molecule has 11 heteroatoms. The molecular weight excluding hydrogens is 435 g/mol. The summed E-state index contributed by atoms with van der Waals surface area (Å²) in [6.45, 7) is 0. The first-order valence-electron chi connectivity index (χ1n) is 8.23. The van der Waals surface area contributed by atoms with Crippen LogP contribution in [0.15, 0.2) is 36.4 Å². The quantitative estimate of drug-likeness (QED) is 0.499. The largest absolute Gasteiger partial charge is 0.507 e. The lowest BCUT2D eigenvalue weighted by Gasteiger charge is -2.27. The molecule has 0 radical (unpaired) electrons. The van der Waals surface area contributed by atoms with Gasteiger partial charge in [-0.2, -0.15) is 42.5 Å². The summed E-state index contributed by atoms with van der Waals surface area (Å²) < 4.78 is 102. The molecule has 1 aliphatic heterocycles. The van der Waals surface area contributed by atoms with Gasteiger partial charge in [0.1, 0.15) is 5.75 Å². The molecule has 0 saturated carbocycles. The van der Waals surface area contributed by atoms with Gasteiger partial charge in [0.15, 0.2) is 0 Å². The van der Waals surface area contributed by atoms with Crippen molar-refractivity contribution in [2.24, 2.45) is 0 Å². The number of thioether (sulfide) groups is 1. The highest BCUT2D eigenvalue weighted by Gasteiger charge is 2.76. The summed E-state index contributed by atoms with van der Waals surface area (Å²) in [5, 5.41) is 12.6. The summed E-state index contributed by atoms with van der Waals surface area (Å²) in [4.78, 5) is 0. The molecule has 1 nitrogen and oxygen atoms in total. The minimum absolute atomic E-state index is 0.391. The van der Waals surface area contributed by atoms with Crippen LogP contribution in [0.25, 0.3) is 10.8 Å². The highest BCUT2D eigenvalue weighted by atomic mass is 32.2. The maximum atomic E-state index is 11.6. The molecule has 1 unspecified atom stereocenters. The highest BCUT2D eigenvalue weighted by Crippen LogP contribution is 2.49. The molecule has 2 aromatic carbocycles. The third-order valence-electron chi connectivity index (χ3n) is 4.26. The third kappa shape index (κ3) is 4.70. The zero-order valence-corrected chi connectivity index (χ0v) is 15.3. The van der Waals surface area contributed by atoms with Crippen LogP contribution in [0, 0.1) is 0 Å². The number of benzene rings is 2. The second kappa shape index (κ2) is 8.53. The van der Waals surface area contributed by atoms with Gasteiger partial charge in [-0.05, 0) is 35.6 Å². The lowest BCUT2D eigenvalue weighted by molar-refractivity contribution is -0.375. The Morgan fingerprint density at radius 3 is 1.93 bits per heavy atom. The molecule has 1 fully saturated rings. The Morgan fingerprint density at radius 1 is 0.897 bits per heavy atom. The first-order valence-corrected chi connectivity index (χ1v) is 9.28. The Kier molecular flexibility index (Phi) is 6.91. The van der Waals surface area contributed by atoms with Gasteiger partial charge < -0.3 is 5.11 Å². The summed E-state index contributed by atoms with van der Waals surface area (Å²) in [5.74, 6) is -11.5. The molecule has 0 aliphatic carbocycles. The van der Waals surface area contributed by atoms with Gasteiger partial charge in [0.05, 0.1) is 0 Å². The van der Waals surface area contributed by atoms with E-state index in [4.69, 9.17) is 0 Å². The van der Waals surface area contributed by atoms with E-state index in [2.05, 4.69) is 12.1 Å². The van der Waals surface area contributed by atoms with Gasteiger partial charge in [0, 0.05) is 10.6 Å². The average Bonchev–Trinajstić information content (AvgIpc) is 3.16.